The van der Waals surface area contributed by atoms with E-state index in [1.54, 1.807) is 0 Å². The summed E-state index contributed by atoms with van der Waals surface area (Å²) in [5, 5.41) is 7.56. The molecule has 0 aliphatic carbocycles. The number of rotatable bonds is 0. The van der Waals surface area contributed by atoms with Gasteiger partial charge < -0.3 is 6.92 Å². The Hall–Kier alpha value is 0.490. The molecule has 0 aromatic carbocycles. The molecule has 0 atom stereocenters. The molecule has 5 heavy (non-hydrogen) atoms. The summed E-state index contributed by atoms with van der Waals surface area (Å²) < 4.78 is 0. The molecule has 2 heteroatoms. The van der Waals surface area contributed by atoms with E-state index >= 15 is 0 Å². The zero-order valence-electron chi connectivity index (χ0n) is 3.36. The Morgan fingerprint density at radius 2 is 2.00 bits per heavy atom. The van der Waals surface area contributed by atoms with E-state index in [9.17, 15) is 0 Å². The van der Waals surface area contributed by atoms with E-state index in [2.05, 4.69) is 6.92 Å². The van der Waals surface area contributed by atoms with Gasteiger partial charge in [-0.05, 0) is 0 Å². The summed E-state index contributed by atoms with van der Waals surface area (Å²) in [7, 11) is 0. The van der Waals surface area contributed by atoms with Crippen LogP contribution < -0.4 is 29.6 Å². The monoisotopic (exact) mass is 77.0 g/mol. The summed E-state index contributed by atoms with van der Waals surface area (Å²) in [4.78, 5) is 0. The van der Waals surface area contributed by atoms with Gasteiger partial charge in [0.15, 0.2) is 0 Å². The minimum atomic E-state index is 0. The van der Waals surface area contributed by atoms with Crippen LogP contribution in [0.25, 0.3) is 0 Å². The van der Waals surface area contributed by atoms with E-state index < -0.39 is 0 Å². The summed E-state index contributed by atoms with van der Waals surface area (Å²) >= 11 is 0. The van der Waals surface area contributed by atoms with Crippen molar-refractivity contribution in [1.82, 2.24) is 0 Å². The second kappa shape index (κ2) is 8.82. The molecule has 0 aliphatic rings. The molecule has 0 saturated heterocycles. The molecule has 1 nitrogen and oxygen atoms in total. The third-order valence-corrected chi connectivity index (χ3v) is 0.112. The average Bonchev–Trinajstić information content (AvgIpc) is 1.37. The van der Waals surface area contributed by atoms with Crippen LogP contribution in [0, 0.1) is 18.3 Å². The van der Waals surface area contributed by atoms with Crippen molar-refractivity contribution < 1.29 is 29.6 Å². The average molecular weight is 77.1 g/mol. The van der Waals surface area contributed by atoms with E-state index in [1.807, 2.05) is 6.07 Å². The molecular formula is C3H4NNa. The summed E-state index contributed by atoms with van der Waals surface area (Å²) in [6.07, 6.45) is 0.375. The first-order valence-electron chi connectivity index (χ1n) is 1.08. The molecule has 0 amide bonds. The number of hydrogen-bond acceptors (Lipinski definition) is 1. The van der Waals surface area contributed by atoms with Crippen LogP contribution in [0.2, 0.25) is 0 Å². The minimum absolute atomic E-state index is 0. The van der Waals surface area contributed by atoms with Crippen molar-refractivity contribution in [2.75, 3.05) is 0 Å². The zero-order chi connectivity index (χ0) is 3.41. The van der Waals surface area contributed by atoms with Crippen molar-refractivity contribution in [2.45, 2.75) is 6.42 Å². The van der Waals surface area contributed by atoms with Crippen LogP contribution in [0.3, 0.4) is 0 Å². The molecule has 0 heterocycles. The first kappa shape index (κ1) is 9.09. The van der Waals surface area contributed by atoms with Crippen LogP contribution >= 0.6 is 0 Å². The fourth-order valence-corrected chi connectivity index (χ4v) is 0. The van der Waals surface area contributed by atoms with Gasteiger partial charge in [0.05, 0.1) is 0 Å². The number of nitriles is 1. The Morgan fingerprint density at radius 3 is 2.00 bits per heavy atom. The molecule has 0 radical (unpaired) electrons. The van der Waals surface area contributed by atoms with Gasteiger partial charge >= 0.3 is 29.6 Å². The van der Waals surface area contributed by atoms with Crippen LogP contribution in [-0.4, -0.2) is 0 Å². The van der Waals surface area contributed by atoms with Crippen molar-refractivity contribution >= 4 is 0 Å². The van der Waals surface area contributed by atoms with Gasteiger partial charge in [0, 0.05) is 6.07 Å². The topological polar surface area (TPSA) is 23.8 Å². The molecule has 0 fully saturated rings. The third-order valence-electron chi connectivity index (χ3n) is 0.112. The number of hydrogen-bond donors (Lipinski definition) is 0. The van der Waals surface area contributed by atoms with Crippen molar-refractivity contribution in [1.29, 1.82) is 5.26 Å². The van der Waals surface area contributed by atoms with Gasteiger partial charge in [-0.15, -0.1) is 0 Å². The van der Waals surface area contributed by atoms with Crippen LogP contribution in [-0.2, 0) is 0 Å². The SMILES string of the molecule is [CH2-]CC#N.[Na+]. The molecule has 0 bridgehead atoms. The fraction of sp³-hybridized carbons (Fsp3) is 0.333. The molecule has 0 rings (SSSR count). The van der Waals surface area contributed by atoms with E-state index in [0.29, 0.717) is 6.42 Å². The predicted molar refractivity (Wildman–Crippen MR) is 15.6 cm³/mol. The smallest absolute Gasteiger partial charge is 0.330 e. The van der Waals surface area contributed by atoms with E-state index in [-0.39, 0.29) is 29.6 Å². The molecule has 22 valence electrons. The van der Waals surface area contributed by atoms with Gasteiger partial charge in [-0.25, -0.2) is 5.26 Å². The molecule has 0 N–H and O–H groups in total. The summed E-state index contributed by atoms with van der Waals surface area (Å²) in [6.45, 7) is 3.24. The molecule has 0 aromatic heterocycles. The normalized spacial score (nSPS) is 4.00. The van der Waals surface area contributed by atoms with Crippen LogP contribution in [0.15, 0.2) is 0 Å². The van der Waals surface area contributed by atoms with Gasteiger partial charge in [0.1, 0.15) is 0 Å². The van der Waals surface area contributed by atoms with Gasteiger partial charge in [-0.1, -0.05) is 6.42 Å². The van der Waals surface area contributed by atoms with Crippen molar-refractivity contribution in [3.63, 3.8) is 0 Å². The molecule has 0 aliphatic heterocycles. The Labute approximate surface area is 54.3 Å². The summed E-state index contributed by atoms with van der Waals surface area (Å²) in [6, 6.07) is 1.82. The van der Waals surface area contributed by atoms with Gasteiger partial charge in [-0.3, -0.25) is 0 Å². The van der Waals surface area contributed by atoms with E-state index in [0.717, 1.165) is 0 Å². The quantitative estimate of drug-likeness (QED) is 0.236. The summed E-state index contributed by atoms with van der Waals surface area (Å²) in [5.74, 6) is 0. The van der Waals surface area contributed by atoms with Crippen LogP contribution in [0.5, 0.6) is 0 Å². The van der Waals surface area contributed by atoms with Crippen molar-refractivity contribution in [3.8, 4) is 6.07 Å². The minimum Gasteiger partial charge on any atom is -0.330 e. The Balaban J connectivity index is 0. The van der Waals surface area contributed by atoms with E-state index in [1.165, 1.54) is 0 Å². The maximum atomic E-state index is 7.56. The molecule has 0 aromatic rings. The maximum Gasteiger partial charge on any atom is 1.00 e. The van der Waals surface area contributed by atoms with Crippen molar-refractivity contribution in [3.05, 3.63) is 6.92 Å². The standard InChI is InChI=1S/C3H4N.Na/c1-2-3-4;/h1-2H2;/q-1;+1. The largest absolute Gasteiger partial charge is 1.00 e. The third kappa shape index (κ3) is 12.5. The second-order valence-corrected chi connectivity index (χ2v) is 0.408. The van der Waals surface area contributed by atoms with Gasteiger partial charge in [0.2, 0.25) is 0 Å². The molecule has 0 spiro atoms. The Morgan fingerprint density at radius 1 is 1.80 bits per heavy atom. The fourth-order valence-electron chi connectivity index (χ4n) is 0. The van der Waals surface area contributed by atoms with Gasteiger partial charge in [0.25, 0.3) is 0 Å². The maximum absolute atomic E-state index is 7.56. The van der Waals surface area contributed by atoms with Gasteiger partial charge in [-0.2, -0.15) is 0 Å². The molecular weight excluding hydrogens is 73.0 g/mol. The second-order valence-electron chi connectivity index (χ2n) is 0.408. The first-order chi connectivity index (χ1) is 1.91. The van der Waals surface area contributed by atoms with Crippen LogP contribution in [0.1, 0.15) is 6.42 Å². The predicted octanol–water partition coefficient (Wildman–Crippen LogP) is -2.26. The number of nitrogens with zero attached hydrogens (tertiary/aromatic N) is 1. The first-order valence-corrected chi connectivity index (χ1v) is 1.08. The Bertz CT molecular complexity index is 36.6. The van der Waals surface area contributed by atoms with Crippen molar-refractivity contribution in [2.24, 2.45) is 0 Å². The zero-order valence-corrected chi connectivity index (χ0v) is 5.36. The summed E-state index contributed by atoms with van der Waals surface area (Å²) in [5.41, 5.74) is 0. The molecule has 0 unspecified atom stereocenters. The van der Waals surface area contributed by atoms with E-state index in [4.69, 9.17) is 5.26 Å². The molecule has 0 saturated carbocycles. The van der Waals surface area contributed by atoms with Crippen LogP contribution in [0.4, 0.5) is 0 Å². The Kier molecular flexibility index (Phi) is 16.0.